The molecule has 2 N–H and O–H groups in total. The number of rotatable bonds is 4. The molecule has 174 valence electrons. The highest BCUT2D eigenvalue weighted by molar-refractivity contribution is 5.55. The number of aliphatic hydroxyl groups excluding tert-OH is 1. The van der Waals surface area contributed by atoms with Gasteiger partial charge in [-0.2, -0.15) is 0 Å². The van der Waals surface area contributed by atoms with Crippen LogP contribution in [0.3, 0.4) is 0 Å². The number of piperidine rings is 1. The Labute approximate surface area is 200 Å². The minimum absolute atomic E-state index is 0.253. The zero-order valence-corrected chi connectivity index (χ0v) is 19.3. The summed E-state index contributed by atoms with van der Waals surface area (Å²) in [5.74, 6) is 1.02. The summed E-state index contributed by atoms with van der Waals surface area (Å²) in [4.78, 5) is 2.63. The van der Waals surface area contributed by atoms with Gasteiger partial charge in [0.1, 0.15) is 23.6 Å². The Kier molecular flexibility index (Phi) is 4.51. The molecule has 0 amide bonds. The SMILES string of the molecule is O[C@H]1C=C[C@H]2[C@H]3CC4=CCC(O)(Cc5ccccc5)C5=C4[C@@]2(CCN3Cc2ccccc2)[C@H]1O5. The lowest BCUT2D eigenvalue weighted by atomic mass is 9.50. The molecule has 2 aromatic rings. The number of hydrogen-bond acceptors (Lipinski definition) is 4. The first kappa shape index (κ1) is 20.7. The first-order valence-corrected chi connectivity index (χ1v) is 12.6. The van der Waals surface area contributed by atoms with E-state index in [4.69, 9.17) is 4.74 Å². The third-order valence-corrected chi connectivity index (χ3v) is 8.99. The molecule has 1 unspecified atom stereocenters. The van der Waals surface area contributed by atoms with Gasteiger partial charge in [-0.25, -0.2) is 0 Å². The molecule has 7 rings (SSSR count). The van der Waals surface area contributed by atoms with Crippen LogP contribution in [0.15, 0.2) is 95.8 Å². The zero-order valence-electron chi connectivity index (χ0n) is 19.3. The summed E-state index contributed by atoms with van der Waals surface area (Å²) in [6.45, 7) is 1.91. The van der Waals surface area contributed by atoms with Crippen molar-refractivity contribution in [2.45, 2.75) is 56.1 Å². The summed E-state index contributed by atoms with van der Waals surface area (Å²) in [6.07, 6.45) is 8.48. The minimum atomic E-state index is -1.06. The van der Waals surface area contributed by atoms with Crippen LogP contribution in [0.4, 0.5) is 0 Å². The number of hydrogen-bond donors (Lipinski definition) is 2. The van der Waals surface area contributed by atoms with Crippen molar-refractivity contribution in [3.63, 3.8) is 0 Å². The lowest BCUT2D eigenvalue weighted by molar-refractivity contribution is -0.107. The Bertz CT molecular complexity index is 1200. The van der Waals surface area contributed by atoms with Crippen LogP contribution in [0.25, 0.3) is 0 Å². The summed E-state index contributed by atoms with van der Waals surface area (Å²) in [6, 6.07) is 21.3. The maximum atomic E-state index is 12.0. The predicted octanol–water partition coefficient (Wildman–Crippen LogP) is 4.15. The van der Waals surface area contributed by atoms with Gasteiger partial charge in [-0.15, -0.1) is 0 Å². The highest BCUT2D eigenvalue weighted by atomic mass is 16.5. The first-order chi connectivity index (χ1) is 16.6. The summed E-state index contributed by atoms with van der Waals surface area (Å²) >= 11 is 0. The van der Waals surface area contributed by atoms with E-state index in [0.29, 0.717) is 18.9 Å². The van der Waals surface area contributed by atoms with E-state index in [2.05, 4.69) is 59.5 Å². The third kappa shape index (κ3) is 2.82. The second-order valence-electron chi connectivity index (χ2n) is 10.8. The molecule has 3 aliphatic carbocycles. The van der Waals surface area contributed by atoms with E-state index in [1.165, 1.54) is 16.7 Å². The quantitative estimate of drug-likeness (QED) is 0.683. The van der Waals surface area contributed by atoms with Gasteiger partial charge in [0.2, 0.25) is 0 Å². The van der Waals surface area contributed by atoms with E-state index in [1.54, 1.807) is 0 Å². The summed E-state index contributed by atoms with van der Waals surface area (Å²) in [5.41, 5.74) is 3.67. The fourth-order valence-electron chi connectivity index (χ4n) is 7.55. The average molecular weight is 454 g/mol. The number of ether oxygens (including phenoxy) is 1. The molecule has 1 spiro atoms. The topological polar surface area (TPSA) is 52.9 Å². The van der Waals surface area contributed by atoms with E-state index < -0.39 is 11.7 Å². The van der Waals surface area contributed by atoms with E-state index in [9.17, 15) is 10.2 Å². The molecule has 2 fully saturated rings. The van der Waals surface area contributed by atoms with Gasteiger partial charge in [-0.3, -0.25) is 4.90 Å². The molecule has 2 heterocycles. The maximum absolute atomic E-state index is 12.0. The molecule has 1 saturated heterocycles. The van der Waals surface area contributed by atoms with Crippen LogP contribution >= 0.6 is 0 Å². The summed E-state index contributed by atoms with van der Waals surface area (Å²) in [7, 11) is 0. The van der Waals surface area contributed by atoms with Crippen molar-refractivity contribution in [3.05, 3.63) is 107 Å². The van der Waals surface area contributed by atoms with Gasteiger partial charge in [-0.1, -0.05) is 78.9 Å². The smallest absolute Gasteiger partial charge is 0.138 e. The lowest BCUT2D eigenvalue weighted by Crippen LogP contribution is -2.63. The van der Waals surface area contributed by atoms with Gasteiger partial charge in [0.15, 0.2) is 0 Å². The molecular formula is C30H31NO3. The predicted molar refractivity (Wildman–Crippen MR) is 131 cm³/mol. The van der Waals surface area contributed by atoms with E-state index in [1.807, 2.05) is 24.3 Å². The minimum Gasteiger partial charge on any atom is -0.487 e. The first-order valence-electron chi connectivity index (χ1n) is 12.6. The molecule has 4 nitrogen and oxygen atoms in total. The molecule has 4 heteroatoms. The summed E-state index contributed by atoms with van der Waals surface area (Å²) < 4.78 is 6.65. The Balaban J connectivity index is 1.30. The number of likely N-dealkylation sites (tertiary alicyclic amines) is 1. The van der Waals surface area contributed by atoms with Crippen molar-refractivity contribution < 1.29 is 14.9 Å². The van der Waals surface area contributed by atoms with Crippen LogP contribution in [-0.2, 0) is 17.7 Å². The molecular weight excluding hydrogens is 422 g/mol. The van der Waals surface area contributed by atoms with Gasteiger partial charge in [0.05, 0.1) is 0 Å². The van der Waals surface area contributed by atoms with Crippen LogP contribution in [-0.4, -0.2) is 45.5 Å². The third-order valence-electron chi connectivity index (χ3n) is 8.99. The number of aliphatic hydroxyl groups is 2. The zero-order chi connectivity index (χ0) is 22.9. The number of nitrogens with zero attached hydrogens (tertiary/aromatic N) is 1. The van der Waals surface area contributed by atoms with E-state index in [-0.39, 0.29) is 17.4 Å². The molecule has 34 heavy (non-hydrogen) atoms. The lowest BCUT2D eigenvalue weighted by Gasteiger charge is -2.58. The van der Waals surface area contributed by atoms with Crippen molar-refractivity contribution in [1.29, 1.82) is 0 Å². The second kappa shape index (κ2) is 7.42. The van der Waals surface area contributed by atoms with Crippen LogP contribution in [0, 0.1) is 11.3 Å². The molecule has 1 saturated carbocycles. The number of benzene rings is 2. The average Bonchev–Trinajstić information content (AvgIpc) is 3.21. The van der Waals surface area contributed by atoms with Crippen LogP contribution < -0.4 is 0 Å². The molecule has 0 aromatic heterocycles. The van der Waals surface area contributed by atoms with Crippen molar-refractivity contribution in [2.75, 3.05) is 6.54 Å². The standard InChI is InChI=1S/C30H31NO3/c32-25-12-11-23-24-17-22-13-14-29(33,18-20-7-3-1-4-8-20)28-26(22)30(23,27(25)34-28)15-16-31(24)19-21-9-5-2-6-10-21/h1-13,23-25,27,32-33H,14-19H2/t23-,24+,25-,27-,29?,30-/m0/s1. The fourth-order valence-corrected chi connectivity index (χ4v) is 7.55. The van der Waals surface area contributed by atoms with Gasteiger partial charge >= 0.3 is 0 Å². The Morgan fingerprint density at radius 3 is 2.47 bits per heavy atom. The fraction of sp³-hybridized carbons (Fsp3) is 0.400. The molecule has 2 aromatic carbocycles. The van der Waals surface area contributed by atoms with Gasteiger partial charge in [-0.05, 0) is 36.1 Å². The van der Waals surface area contributed by atoms with Crippen molar-refractivity contribution in [2.24, 2.45) is 11.3 Å². The highest BCUT2D eigenvalue weighted by Crippen LogP contribution is 2.66. The summed E-state index contributed by atoms with van der Waals surface area (Å²) in [5, 5.41) is 23.0. The Morgan fingerprint density at radius 1 is 0.971 bits per heavy atom. The Hall–Kier alpha value is -2.66. The van der Waals surface area contributed by atoms with Crippen molar-refractivity contribution in [1.82, 2.24) is 4.90 Å². The maximum Gasteiger partial charge on any atom is 0.138 e. The monoisotopic (exact) mass is 453 g/mol. The van der Waals surface area contributed by atoms with Gasteiger partial charge in [0.25, 0.3) is 0 Å². The van der Waals surface area contributed by atoms with E-state index in [0.717, 1.165) is 37.3 Å². The van der Waals surface area contributed by atoms with E-state index >= 15 is 0 Å². The molecule has 0 radical (unpaired) electrons. The van der Waals surface area contributed by atoms with Crippen molar-refractivity contribution in [3.8, 4) is 0 Å². The van der Waals surface area contributed by atoms with Crippen LogP contribution in [0.2, 0.25) is 0 Å². The molecule has 6 atom stereocenters. The molecule has 2 aliphatic heterocycles. The van der Waals surface area contributed by atoms with Crippen molar-refractivity contribution >= 4 is 0 Å². The van der Waals surface area contributed by atoms with Crippen LogP contribution in [0.5, 0.6) is 0 Å². The highest BCUT2D eigenvalue weighted by Gasteiger charge is 2.67. The second-order valence-corrected chi connectivity index (χ2v) is 10.8. The van der Waals surface area contributed by atoms with Gasteiger partial charge < -0.3 is 14.9 Å². The largest absolute Gasteiger partial charge is 0.487 e. The Morgan fingerprint density at radius 2 is 1.71 bits per heavy atom. The molecule has 2 bridgehead atoms. The van der Waals surface area contributed by atoms with Gasteiger partial charge in [0, 0.05) is 42.3 Å². The van der Waals surface area contributed by atoms with Crippen LogP contribution in [0.1, 0.15) is 30.4 Å². The normalized spacial score (nSPS) is 37.8. The molecule has 5 aliphatic rings.